The number of benzene rings is 2. The molecule has 146 valence electrons. The van der Waals surface area contributed by atoms with E-state index in [1.165, 1.54) is 25.3 Å². The van der Waals surface area contributed by atoms with E-state index in [0.29, 0.717) is 24.3 Å². The topological polar surface area (TPSA) is 76.7 Å². The van der Waals surface area contributed by atoms with Crippen molar-refractivity contribution >= 4 is 17.5 Å². The van der Waals surface area contributed by atoms with Gasteiger partial charge in [0.1, 0.15) is 11.9 Å². The Morgan fingerprint density at radius 2 is 1.96 bits per heavy atom. The lowest BCUT2D eigenvalue weighted by atomic mass is 9.81. The lowest BCUT2D eigenvalue weighted by molar-refractivity contribution is -0.131. The zero-order chi connectivity index (χ0) is 19.7. The van der Waals surface area contributed by atoms with Crippen LogP contribution in [0.15, 0.2) is 42.5 Å². The molecule has 2 aromatic rings. The summed E-state index contributed by atoms with van der Waals surface area (Å²) in [6.45, 7) is 0. The second kappa shape index (κ2) is 7.50. The van der Waals surface area contributed by atoms with Crippen molar-refractivity contribution in [3.8, 4) is 11.5 Å². The third-order valence-electron chi connectivity index (χ3n) is 5.20. The summed E-state index contributed by atoms with van der Waals surface area (Å²) in [7, 11) is 1.50. The summed E-state index contributed by atoms with van der Waals surface area (Å²) in [5.41, 5.74) is 1.64. The van der Waals surface area contributed by atoms with Crippen LogP contribution in [0.4, 0.5) is 10.1 Å². The molecule has 0 bridgehead atoms. The molecule has 28 heavy (non-hydrogen) atoms. The molecule has 1 aliphatic carbocycles. The van der Waals surface area contributed by atoms with Gasteiger partial charge in [0, 0.05) is 17.7 Å². The molecule has 1 aliphatic heterocycles. The fraction of sp³-hybridized carbons (Fsp3) is 0.333. The highest BCUT2D eigenvalue weighted by molar-refractivity contribution is 5.95. The Bertz CT molecular complexity index is 911. The van der Waals surface area contributed by atoms with Gasteiger partial charge in [-0.05, 0) is 36.6 Å². The van der Waals surface area contributed by atoms with Gasteiger partial charge >= 0.3 is 0 Å². The summed E-state index contributed by atoms with van der Waals surface area (Å²) in [5, 5.41) is 5.80. The van der Waals surface area contributed by atoms with Gasteiger partial charge in [0.2, 0.25) is 11.8 Å². The molecule has 0 radical (unpaired) electrons. The molecule has 1 heterocycles. The Labute approximate surface area is 162 Å². The fourth-order valence-corrected chi connectivity index (χ4v) is 3.63. The van der Waals surface area contributed by atoms with E-state index in [4.69, 9.17) is 9.47 Å². The molecular weight excluding hydrogens is 363 g/mol. The first kappa shape index (κ1) is 18.3. The number of carbonyl (C=O) groups is 2. The number of hydrogen-bond donors (Lipinski definition) is 2. The molecule has 1 atom stereocenters. The van der Waals surface area contributed by atoms with Gasteiger partial charge in [-0.2, -0.15) is 0 Å². The van der Waals surface area contributed by atoms with Gasteiger partial charge in [-0.1, -0.05) is 18.2 Å². The quantitative estimate of drug-likeness (QED) is 0.830. The summed E-state index contributed by atoms with van der Waals surface area (Å²) in [6.07, 6.45) is 1.11. The summed E-state index contributed by atoms with van der Waals surface area (Å²) in [6, 6.07) is 11.2. The van der Waals surface area contributed by atoms with Crippen molar-refractivity contribution < 1.29 is 23.5 Å². The first-order valence-electron chi connectivity index (χ1n) is 9.23. The van der Waals surface area contributed by atoms with E-state index in [0.717, 1.165) is 11.3 Å². The van der Waals surface area contributed by atoms with Crippen molar-refractivity contribution in [3.63, 3.8) is 0 Å². The minimum Gasteiger partial charge on any atom is -0.493 e. The molecule has 0 saturated heterocycles. The number of fused-ring (bicyclic) bond motifs is 1. The molecule has 2 N–H and O–H groups in total. The average molecular weight is 384 g/mol. The third-order valence-corrected chi connectivity index (χ3v) is 5.20. The highest BCUT2D eigenvalue weighted by Gasteiger charge is 2.38. The van der Waals surface area contributed by atoms with Crippen molar-refractivity contribution in [3.05, 3.63) is 53.8 Å². The predicted octanol–water partition coefficient (Wildman–Crippen LogP) is 3.19. The monoisotopic (exact) mass is 384 g/mol. The molecule has 2 amide bonds. The number of nitrogens with one attached hydrogen (secondary N) is 2. The minimum absolute atomic E-state index is 0.0967. The van der Waals surface area contributed by atoms with Crippen molar-refractivity contribution in [2.45, 2.75) is 31.4 Å². The molecule has 1 unspecified atom stereocenters. The van der Waals surface area contributed by atoms with Gasteiger partial charge in [-0.25, -0.2) is 4.39 Å². The third kappa shape index (κ3) is 3.65. The lowest BCUT2D eigenvalue weighted by Gasteiger charge is -2.36. The normalized spacial score (nSPS) is 23.1. The van der Waals surface area contributed by atoms with Crippen LogP contribution in [0.1, 0.15) is 30.9 Å². The van der Waals surface area contributed by atoms with Gasteiger partial charge in [-0.3, -0.25) is 9.59 Å². The van der Waals surface area contributed by atoms with Crippen molar-refractivity contribution in [2.75, 3.05) is 12.4 Å². The fourth-order valence-electron chi connectivity index (χ4n) is 3.63. The number of ether oxygens (including phenoxy) is 2. The van der Waals surface area contributed by atoms with Crippen LogP contribution < -0.4 is 20.1 Å². The Kier molecular flexibility index (Phi) is 4.90. The molecular formula is C21H21FN2O4. The zero-order valence-electron chi connectivity index (χ0n) is 15.4. The van der Waals surface area contributed by atoms with Crippen LogP contribution in [0.5, 0.6) is 11.5 Å². The number of rotatable bonds is 5. The van der Waals surface area contributed by atoms with E-state index in [2.05, 4.69) is 10.6 Å². The summed E-state index contributed by atoms with van der Waals surface area (Å²) >= 11 is 0. The van der Waals surface area contributed by atoms with Crippen molar-refractivity contribution in [1.29, 1.82) is 0 Å². The number of methoxy groups -OCH3 is 1. The Morgan fingerprint density at radius 1 is 1.18 bits per heavy atom. The van der Waals surface area contributed by atoms with E-state index < -0.39 is 5.82 Å². The van der Waals surface area contributed by atoms with E-state index >= 15 is 0 Å². The van der Waals surface area contributed by atoms with Crippen LogP contribution >= 0.6 is 0 Å². The molecule has 0 aromatic heterocycles. The van der Waals surface area contributed by atoms with Gasteiger partial charge in [0.05, 0.1) is 19.6 Å². The number of hydrogen-bond acceptors (Lipinski definition) is 4. The highest BCUT2D eigenvalue weighted by atomic mass is 19.1. The predicted molar refractivity (Wildman–Crippen MR) is 101 cm³/mol. The maximum Gasteiger partial charge on any atom is 0.226 e. The second-order valence-electron chi connectivity index (χ2n) is 7.10. The Morgan fingerprint density at radius 3 is 2.75 bits per heavy atom. The Balaban J connectivity index is 1.35. The lowest BCUT2D eigenvalue weighted by Crippen LogP contribution is -2.45. The standard InChI is InChI=1S/C21H21FN2O4/c1-27-18-7-6-13(22)10-19(18)28-14-8-12(9-14)21(26)24-17-11-20(25)23-16-5-3-2-4-15(16)17/h2-7,10,12,14,17H,8-9,11H2,1H3,(H,23,25)(H,24,26)/t12-,14-,17?. The SMILES string of the molecule is COc1ccc(F)cc1O[C@H]1C[C@H](C(=O)NC2CC(=O)Nc3ccccc32)C1. The van der Waals surface area contributed by atoms with Gasteiger partial charge in [-0.15, -0.1) is 0 Å². The van der Waals surface area contributed by atoms with E-state index in [1.807, 2.05) is 24.3 Å². The van der Waals surface area contributed by atoms with E-state index in [1.54, 1.807) is 0 Å². The number of carbonyl (C=O) groups excluding carboxylic acids is 2. The maximum atomic E-state index is 13.4. The molecule has 0 spiro atoms. The summed E-state index contributed by atoms with van der Waals surface area (Å²) in [4.78, 5) is 24.5. The van der Waals surface area contributed by atoms with Crippen molar-refractivity contribution in [1.82, 2.24) is 5.32 Å². The number of amides is 2. The molecule has 7 heteroatoms. The second-order valence-corrected chi connectivity index (χ2v) is 7.10. The van der Waals surface area contributed by atoms with Crippen LogP contribution in [0.25, 0.3) is 0 Å². The first-order valence-corrected chi connectivity index (χ1v) is 9.23. The summed E-state index contributed by atoms with van der Waals surface area (Å²) < 4.78 is 24.4. The molecule has 1 saturated carbocycles. The number of anilines is 1. The van der Waals surface area contributed by atoms with Crippen LogP contribution in [-0.4, -0.2) is 25.0 Å². The molecule has 1 fully saturated rings. The number of para-hydroxylation sites is 1. The van der Waals surface area contributed by atoms with E-state index in [9.17, 15) is 14.0 Å². The highest BCUT2D eigenvalue weighted by Crippen LogP contribution is 2.37. The maximum absolute atomic E-state index is 13.4. The van der Waals surface area contributed by atoms with Gasteiger partial charge in [0.15, 0.2) is 11.5 Å². The molecule has 2 aromatic carbocycles. The van der Waals surface area contributed by atoms with Gasteiger partial charge < -0.3 is 20.1 Å². The molecule has 2 aliphatic rings. The van der Waals surface area contributed by atoms with Crippen LogP contribution in [-0.2, 0) is 9.59 Å². The van der Waals surface area contributed by atoms with Crippen LogP contribution in [0.2, 0.25) is 0 Å². The van der Waals surface area contributed by atoms with Gasteiger partial charge in [0.25, 0.3) is 0 Å². The smallest absolute Gasteiger partial charge is 0.226 e. The van der Waals surface area contributed by atoms with Crippen molar-refractivity contribution in [2.24, 2.45) is 5.92 Å². The summed E-state index contributed by atoms with van der Waals surface area (Å²) in [5.74, 6) is -0.0127. The van der Waals surface area contributed by atoms with E-state index in [-0.39, 0.29) is 36.3 Å². The number of halogens is 1. The van der Waals surface area contributed by atoms with Crippen LogP contribution in [0, 0.1) is 11.7 Å². The Hall–Kier alpha value is -3.09. The minimum atomic E-state index is -0.404. The molecule has 6 nitrogen and oxygen atoms in total. The first-order chi connectivity index (χ1) is 13.5. The average Bonchev–Trinajstić information content (AvgIpc) is 2.64. The largest absolute Gasteiger partial charge is 0.493 e. The zero-order valence-corrected chi connectivity index (χ0v) is 15.4. The van der Waals surface area contributed by atoms with Crippen LogP contribution in [0.3, 0.4) is 0 Å². The molecule has 4 rings (SSSR count).